The zero-order chi connectivity index (χ0) is 13.1. The highest BCUT2D eigenvalue weighted by Crippen LogP contribution is 2.23. The molecular weight excluding hydrogens is 236 g/mol. The maximum atomic E-state index is 4.63. The van der Waals surface area contributed by atoms with Crippen LogP contribution in [-0.4, -0.2) is 28.9 Å². The van der Waals surface area contributed by atoms with Crippen LogP contribution < -0.4 is 5.32 Å². The van der Waals surface area contributed by atoms with Crippen LogP contribution in [0.4, 0.5) is 0 Å². The predicted molar refractivity (Wildman–Crippen MR) is 75.4 cm³/mol. The van der Waals surface area contributed by atoms with Gasteiger partial charge in [0, 0.05) is 18.4 Å². The molecular formula is C15H16N4. The van der Waals surface area contributed by atoms with Crippen LogP contribution in [0.5, 0.6) is 0 Å². The molecule has 0 radical (unpaired) electrons. The van der Waals surface area contributed by atoms with E-state index in [-0.39, 0.29) is 5.92 Å². The van der Waals surface area contributed by atoms with Crippen molar-refractivity contribution in [3.05, 3.63) is 59.7 Å². The van der Waals surface area contributed by atoms with E-state index in [9.17, 15) is 0 Å². The quantitative estimate of drug-likeness (QED) is 0.908. The van der Waals surface area contributed by atoms with Gasteiger partial charge in [-0.15, -0.1) is 0 Å². The van der Waals surface area contributed by atoms with E-state index in [1.165, 1.54) is 0 Å². The maximum Gasteiger partial charge on any atom is 0.112 e. The summed E-state index contributed by atoms with van der Waals surface area (Å²) in [6, 6.07) is 12.0. The summed E-state index contributed by atoms with van der Waals surface area (Å²) in [5, 5.41) is 3.34. The van der Waals surface area contributed by atoms with Crippen molar-refractivity contribution >= 4 is 5.84 Å². The molecule has 19 heavy (non-hydrogen) atoms. The molecule has 0 amide bonds. The first-order chi connectivity index (χ1) is 9.34. The molecule has 0 spiro atoms. The van der Waals surface area contributed by atoms with Crippen molar-refractivity contribution in [1.82, 2.24) is 15.3 Å². The van der Waals surface area contributed by atoms with Crippen LogP contribution in [0.25, 0.3) is 0 Å². The topological polar surface area (TPSA) is 50.2 Å². The number of aromatic nitrogens is 2. The molecule has 2 aromatic rings. The van der Waals surface area contributed by atoms with Gasteiger partial charge in [-0.05, 0) is 31.2 Å². The second kappa shape index (κ2) is 5.18. The molecule has 96 valence electrons. The Labute approximate surface area is 112 Å². The molecule has 0 bridgehead atoms. The van der Waals surface area contributed by atoms with Crippen LogP contribution >= 0.6 is 0 Å². The van der Waals surface area contributed by atoms with Gasteiger partial charge in [0.1, 0.15) is 11.8 Å². The summed E-state index contributed by atoms with van der Waals surface area (Å²) < 4.78 is 0. The Bertz CT molecular complexity index is 592. The van der Waals surface area contributed by atoms with Crippen molar-refractivity contribution in [2.75, 3.05) is 13.1 Å². The van der Waals surface area contributed by atoms with Gasteiger partial charge in [0.2, 0.25) is 0 Å². The lowest BCUT2D eigenvalue weighted by molar-refractivity contribution is 0.886. The van der Waals surface area contributed by atoms with Gasteiger partial charge in [0.15, 0.2) is 0 Å². The molecule has 1 unspecified atom stereocenters. The van der Waals surface area contributed by atoms with Crippen molar-refractivity contribution in [3.8, 4) is 0 Å². The molecule has 2 aromatic heterocycles. The number of hydrogen-bond acceptors (Lipinski definition) is 4. The molecule has 3 rings (SSSR count). The summed E-state index contributed by atoms with van der Waals surface area (Å²) in [4.78, 5) is 13.6. The van der Waals surface area contributed by atoms with Crippen molar-refractivity contribution in [1.29, 1.82) is 0 Å². The van der Waals surface area contributed by atoms with Gasteiger partial charge in [-0.2, -0.15) is 0 Å². The van der Waals surface area contributed by atoms with Gasteiger partial charge in [-0.1, -0.05) is 12.1 Å². The Hall–Kier alpha value is -2.23. The van der Waals surface area contributed by atoms with Gasteiger partial charge in [-0.25, -0.2) is 0 Å². The maximum absolute atomic E-state index is 4.63. The third kappa shape index (κ3) is 2.47. The number of aliphatic imine (C=N–C) groups is 1. The van der Waals surface area contributed by atoms with Crippen LogP contribution in [0.2, 0.25) is 0 Å². The number of nitrogens with zero attached hydrogens (tertiary/aromatic N) is 3. The van der Waals surface area contributed by atoms with E-state index in [1.807, 2.05) is 49.5 Å². The molecule has 0 aliphatic carbocycles. The number of pyridine rings is 2. The average molecular weight is 252 g/mol. The number of rotatable bonds is 3. The van der Waals surface area contributed by atoms with Crippen LogP contribution in [0.1, 0.15) is 23.0 Å². The number of hydrogen-bond donors (Lipinski definition) is 1. The van der Waals surface area contributed by atoms with E-state index in [4.69, 9.17) is 0 Å². The van der Waals surface area contributed by atoms with E-state index in [0.717, 1.165) is 36.0 Å². The first-order valence-electron chi connectivity index (χ1n) is 6.47. The highest BCUT2D eigenvalue weighted by molar-refractivity contribution is 5.92. The summed E-state index contributed by atoms with van der Waals surface area (Å²) in [6.07, 6.45) is 1.81. The van der Waals surface area contributed by atoms with E-state index < -0.39 is 0 Å². The molecule has 4 heteroatoms. The second-order valence-corrected chi connectivity index (χ2v) is 4.59. The highest BCUT2D eigenvalue weighted by atomic mass is 15.1. The number of amidine groups is 1. The van der Waals surface area contributed by atoms with E-state index in [2.05, 4.69) is 20.3 Å². The van der Waals surface area contributed by atoms with Gasteiger partial charge >= 0.3 is 0 Å². The Kier molecular flexibility index (Phi) is 3.23. The summed E-state index contributed by atoms with van der Waals surface area (Å²) >= 11 is 0. The van der Waals surface area contributed by atoms with Crippen molar-refractivity contribution in [3.63, 3.8) is 0 Å². The third-order valence-corrected chi connectivity index (χ3v) is 3.16. The lowest BCUT2D eigenvalue weighted by atomic mass is 9.98. The van der Waals surface area contributed by atoms with Crippen LogP contribution in [0, 0.1) is 6.92 Å². The fraction of sp³-hybridized carbons (Fsp3) is 0.267. The molecule has 1 aliphatic heterocycles. The molecule has 0 saturated heterocycles. The third-order valence-electron chi connectivity index (χ3n) is 3.16. The predicted octanol–water partition coefficient (Wildman–Crippen LogP) is 1.92. The summed E-state index contributed by atoms with van der Waals surface area (Å²) in [6.45, 7) is 3.72. The minimum atomic E-state index is 0.00333. The zero-order valence-corrected chi connectivity index (χ0v) is 10.9. The molecule has 4 nitrogen and oxygen atoms in total. The fourth-order valence-electron chi connectivity index (χ4n) is 2.31. The Morgan fingerprint density at radius 2 is 2.00 bits per heavy atom. The summed E-state index contributed by atoms with van der Waals surface area (Å²) in [5.41, 5.74) is 2.98. The van der Waals surface area contributed by atoms with E-state index in [1.54, 1.807) is 0 Å². The Morgan fingerprint density at radius 3 is 2.68 bits per heavy atom. The van der Waals surface area contributed by atoms with Crippen LogP contribution in [0.3, 0.4) is 0 Å². The molecule has 3 heterocycles. The molecule has 0 saturated carbocycles. The van der Waals surface area contributed by atoms with Gasteiger partial charge < -0.3 is 5.32 Å². The summed E-state index contributed by atoms with van der Waals surface area (Å²) in [5.74, 6) is 0.973. The smallest absolute Gasteiger partial charge is 0.112 e. The average Bonchev–Trinajstić information content (AvgIpc) is 2.94. The van der Waals surface area contributed by atoms with E-state index in [0.29, 0.717) is 0 Å². The standard InChI is InChI=1S/C15H16N4/c1-11-5-4-7-13(19-11)14(15-17-9-10-18-15)12-6-2-3-8-16-12/h2-8,14H,9-10H2,1H3,(H,17,18). The fourth-order valence-corrected chi connectivity index (χ4v) is 2.31. The van der Waals surface area contributed by atoms with Crippen molar-refractivity contribution < 1.29 is 0 Å². The Balaban J connectivity index is 2.06. The van der Waals surface area contributed by atoms with Gasteiger partial charge in [0.25, 0.3) is 0 Å². The lowest BCUT2D eigenvalue weighted by Gasteiger charge is -2.17. The lowest BCUT2D eigenvalue weighted by Crippen LogP contribution is -2.27. The minimum Gasteiger partial charge on any atom is -0.371 e. The van der Waals surface area contributed by atoms with Gasteiger partial charge in [0.05, 0.1) is 17.9 Å². The second-order valence-electron chi connectivity index (χ2n) is 4.59. The molecule has 0 aromatic carbocycles. The normalized spacial score (nSPS) is 15.7. The highest BCUT2D eigenvalue weighted by Gasteiger charge is 2.24. The van der Waals surface area contributed by atoms with Crippen molar-refractivity contribution in [2.45, 2.75) is 12.8 Å². The molecule has 1 atom stereocenters. The van der Waals surface area contributed by atoms with Crippen LogP contribution in [0.15, 0.2) is 47.6 Å². The monoisotopic (exact) mass is 252 g/mol. The molecule has 0 fully saturated rings. The van der Waals surface area contributed by atoms with E-state index >= 15 is 0 Å². The summed E-state index contributed by atoms with van der Waals surface area (Å²) in [7, 11) is 0. The number of nitrogens with one attached hydrogen (secondary N) is 1. The number of aryl methyl sites for hydroxylation is 1. The van der Waals surface area contributed by atoms with Crippen LogP contribution in [-0.2, 0) is 0 Å². The minimum absolute atomic E-state index is 0.00333. The molecule has 1 N–H and O–H groups in total. The van der Waals surface area contributed by atoms with Crippen molar-refractivity contribution in [2.24, 2.45) is 4.99 Å². The zero-order valence-electron chi connectivity index (χ0n) is 10.9. The van der Waals surface area contributed by atoms with Gasteiger partial charge in [-0.3, -0.25) is 15.0 Å². The first kappa shape index (κ1) is 11.8. The Morgan fingerprint density at radius 1 is 1.11 bits per heavy atom. The largest absolute Gasteiger partial charge is 0.371 e. The first-order valence-corrected chi connectivity index (χ1v) is 6.47. The molecule has 1 aliphatic rings. The SMILES string of the molecule is Cc1cccc(C(C2=NCCN2)c2ccccn2)n1.